The van der Waals surface area contributed by atoms with Crippen LogP contribution in [0.4, 0.5) is 8.78 Å². The lowest BCUT2D eigenvalue weighted by Crippen LogP contribution is -1.95. The molecule has 4 rings (SSSR count). The van der Waals surface area contributed by atoms with Gasteiger partial charge in [0, 0.05) is 11.6 Å². The van der Waals surface area contributed by atoms with Crippen LogP contribution in [0.3, 0.4) is 0 Å². The quantitative estimate of drug-likeness (QED) is 0.584. The Morgan fingerprint density at radius 1 is 1.12 bits per heavy atom. The lowest BCUT2D eigenvalue weighted by atomic mass is 10.1. The Labute approximate surface area is 145 Å². The fraction of sp³-hybridized carbons (Fsp3) is 0. The molecule has 25 heavy (non-hydrogen) atoms. The van der Waals surface area contributed by atoms with E-state index in [1.807, 2.05) is 18.2 Å². The molecule has 0 aliphatic carbocycles. The maximum Gasteiger partial charge on any atom is 0.324 e. The van der Waals surface area contributed by atoms with Gasteiger partial charge in [-0.15, -0.1) is 0 Å². The largest absolute Gasteiger partial charge is 0.421 e. The molecule has 2 aromatic carbocycles. The van der Waals surface area contributed by atoms with Gasteiger partial charge in [0.05, 0.1) is 10.4 Å². The highest BCUT2D eigenvalue weighted by Gasteiger charge is 2.15. The van der Waals surface area contributed by atoms with Crippen LogP contribution in [0.2, 0.25) is 5.02 Å². The topological polar surface area (TPSA) is 63.7 Å². The van der Waals surface area contributed by atoms with Crippen molar-refractivity contribution in [3.8, 4) is 23.0 Å². The molecule has 2 aromatic heterocycles. The molecule has 2 heterocycles. The highest BCUT2D eigenvalue weighted by atomic mass is 35.5. The molecule has 4 aromatic rings. The van der Waals surface area contributed by atoms with Gasteiger partial charge in [-0.2, -0.15) is 15.1 Å². The summed E-state index contributed by atoms with van der Waals surface area (Å²) in [7, 11) is 0. The molecular formula is C17H8ClF2N4O. The van der Waals surface area contributed by atoms with Crippen LogP contribution in [0, 0.1) is 17.8 Å². The van der Waals surface area contributed by atoms with E-state index in [1.54, 1.807) is 6.07 Å². The minimum absolute atomic E-state index is 0.146. The second-order valence-electron chi connectivity index (χ2n) is 5.07. The molecule has 8 heteroatoms. The van der Waals surface area contributed by atoms with E-state index in [0.29, 0.717) is 33.4 Å². The van der Waals surface area contributed by atoms with Gasteiger partial charge in [0.2, 0.25) is 0 Å². The van der Waals surface area contributed by atoms with Crippen LogP contribution in [0.5, 0.6) is 11.8 Å². The number of aromatic nitrogens is 4. The van der Waals surface area contributed by atoms with Gasteiger partial charge >= 0.3 is 6.01 Å². The normalized spacial score (nSPS) is 11.0. The molecule has 0 saturated carbocycles. The molecule has 0 fully saturated rings. The number of halogens is 3. The van der Waals surface area contributed by atoms with E-state index in [9.17, 15) is 8.78 Å². The molecule has 0 amide bonds. The number of fused-ring (bicyclic) bond motifs is 1. The van der Waals surface area contributed by atoms with Crippen molar-refractivity contribution in [2.24, 2.45) is 0 Å². The van der Waals surface area contributed by atoms with E-state index in [-0.39, 0.29) is 11.8 Å². The fourth-order valence-electron chi connectivity index (χ4n) is 2.29. The maximum atomic E-state index is 13.7. The Morgan fingerprint density at radius 3 is 2.76 bits per heavy atom. The highest BCUT2D eigenvalue weighted by Crippen LogP contribution is 2.31. The first kappa shape index (κ1) is 15.5. The number of nitrogens with one attached hydrogen (secondary N) is 1. The molecule has 1 radical (unpaired) electrons. The van der Waals surface area contributed by atoms with E-state index in [2.05, 4.69) is 26.4 Å². The minimum Gasteiger partial charge on any atom is -0.421 e. The summed E-state index contributed by atoms with van der Waals surface area (Å²) in [6, 6.07) is 9.99. The number of ether oxygens (including phenoxy) is 1. The number of hydrogen-bond donors (Lipinski definition) is 1. The van der Waals surface area contributed by atoms with E-state index < -0.39 is 11.6 Å². The van der Waals surface area contributed by atoms with E-state index in [0.717, 1.165) is 12.1 Å². The second-order valence-corrected chi connectivity index (χ2v) is 5.48. The first-order chi connectivity index (χ1) is 12.1. The third-order valence-electron chi connectivity index (χ3n) is 3.44. The van der Waals surface area contributed by atoms with Gasteiger partial charge in [0.25, 0.3) is 0 Å². The SMILES string of the molecule is Fc1ccc(Oc2n[c]c3c(-c4ccccc4Cl)n[nH]c3n2)c(F)c1. The van der Waals surface area contributed by atoms with Crippen molar-refractivity contribution in [3.63, 3.8) is 0 Å². The average molecular weight is 358 g/mol. The smallest absolute Gasteiger partial charge is 0.324 e. The van der Waals surface area contributed by atoms with Crippen LogP contribution in [0.15, 0.2) is 42.5 Å². The van der Waals surface area contributed by atoms with Gasteiger partial charge in [-0.1, -0.05) is 29.8 Å². The number of benzene rings is 2. The molecule has 5 nitrogen and oxygen atoms in total. The molecule has 0 spiro atoms. The van der Waals surface area contributed by atoms with Crippen molar-refractivity contribution >= 4 is 22.6 Å². The molecule has 0 aliphatic heterocycles. The second kappa shape index (κ2) is 6.10. The van der Waals surface area contributed by atoms with Gasteiger partial charge in [-0.25, -0.2) is 8.78 Å². The Bertz CT molecular complexity index is 1080. The molecule has 1 N–H and O–H groups in total. The van der Waals surface area contributed by atoms with Crippen molar-refractivity contribution in [2.75, 3.05) is 0 Å². The predicted octanol–water partition coefficient (Wildman–Crippen LogP) is 4.54. The van der Waals surface area contributed by atoms with Gasteiger partial charge in [0.1, 0.15) is 17.7 Å². The summed E-state index contributed by atoms with van der Waals surface area (Å²) in [6.45, 7) is 0. The summed E-state index contributed by atoms with van der Waals surface area (Å²) in [5.41, 5.74) is 1.59. The number of aromatic amines is 1. The summed E-state index contributed by atoms with van der Waals surface area (Å²) >= 11 is 6.18. The molecule has 0 atom stereocenters. The molecular weight excluding hydrogens is 350 g/mol. The Morgan fingerprint density at radius 2 is 1.96 bits per heavy atom. The first-order valence-electron chi connectivity index (χ1n) is 7.13. The zero-order valence-corrected chi connectivity index (χ0v) is 13.2. The van der Waals surface area contributed by atoms with Crippen molar-refractivity contribution in [2.45, 2.75) is 0 Å². The molecule has 0 bridgehead atoms. The molecule has 123 valence electrons. The monoisotopic (exact) mass is 357 g/mol. The lowest BCUT2D eigenvalue weighted by Gasteiger charge is -2.04. The third kappa shape index (κ3) is 2.89. The van der Waals surface area contributed by atoms with Crippen molar-refractivity contribution in [1.82, 2.24) is 20.2 Å². The summed E-state index contributed by atoms with van der Waals surface area (Å²) in [6.07, 6.45) is 2.76. The van der Waals surface area contributed by atoms with Gasteiger partial charge in [0.15, 0.2) is 17.2 Å². The van der Waals surface area contributed by atoms with Crippen LogP contribution in [0.25, 0.3) is 22.3 Å². The average Bonchev–Trinajstić information content (AvgIpc) is 3.01. The standard InChI is InChI=1S/C17H8ClF2N4O/c18-12-4-2-1-3-10(12)15-11-8-21-17(22-16(11)24-23-15)25-14-6-5-9(19)7-13(14)20/h1-7H,(H,21,22,23,24). The Hall–Kier alpha value is -3.06. The van der Waals surface area contributed by atoms with E-state index >= 15 is 0 Å². The Balaban J connectivity index is 1.71. The van der Waals surface area contributed by atoms with Gasteiger partial charge in [-0.05, 0) is 18.2 Å². The Kier molecular flexibility index (Phi) is 3.77. The van der Waals surface area contributed by atoms with E-state index in [1.165, 1.54) is 0 Å². The van der Waals surface area contributed by atoms with Crippen LogP contribution in [-0.4, -0.2) is 20.2 Å². The van der Waals surface area contributed by atoms with Crippen LogP contribution in [0.1, 0.15) is 0 Å². The van der Waals surface area contributed by atoms with E-state index in [4.69, 9.17) is 16.3 Å². The third-order valence-corrected chi connectivity index (χ3v) is 3.77. The zero-order chi connectivity index (χ0) is 17.4. The van der Waals surface area contributed by atoms with Crippen LogP contribution in [-0.2, 0) is 0 Å². The van der Waals surface area contributed by atoms with Crippen LogP contribution < -0.4 is 4.74 Å². The summed E-state index contributed by atoms with van der Waals surface area (Å²) in [5.74, 6) is -1.75. The predicted molar refractivity (Wildman–Crippen MR) is 87.4 cm³/mol. The number of nitrogens with zero attached hydrogens (tertiary/aromatic N) is 3. The fourth-order valence-corrected chi connectivity index (χ4v) is 2.52. The van der Waals surface area contributed by atoms with Gasteiger partial charge < -0.3 is 4.74 Å². The summed E-state index contributed by atoms with van der Waals surface area (Å²) in [4.78, 5) is 8.06. The summed E-state index contributed by atoms with van der Waals surface area (Å²) in [5, 5.41) is 7.96. The number of rotatable bonds is 3. The first-order valence-corrected chi connectivity index (χ1v) is 7.51. The molecule has 0 saturated heterocycles. The molecule has 0 aliphatic rings. The van der Waals surface area contributed by atoms with Gasteiger partial charge in [-0.3, -0.25) is 5.10 Å². The number of hydrogen-bond acceptors (Lipinski definition) is 4. The molecule has 0 unspecified atom stereocenters. The summed E-state index contributed by atoms with van der Waals surface area (Å²) < 4.78 is 31.8. The van der Waals surface area contributed by atoms with Crippen molar-refractivity contribution < 1.29 is 13.5 Å². The van der Waals surface area contributed by atoms with Crippen molar-refractivity contribution in [3.05, 3.63) is 65.3 Å². The number of H-pyrrole nitrogens is 1. The zero-order valence-electron chi connectivity index (χ0n) is 12.4. The van der Waals surface area contributed by atoms with Crippen molar-refractivity contribution in [1.29, 1.82) is 0 Å². The minimum atomic E-state index is -0.856. The van der Waals surface area contributed by atoms with Crippen LogP contribution >= 0.6 is 11.6 Å². The lowest BCUT2D eigenvalue weighted by molar-refractivity contribution is 0.409. The maximum absolute atomic E-state index is 13.7. The highest BCUT2D eigenvalue weighted by molar-refractivity contribution is 6.33.